The van der Waals surface area contributed by atoms with Crippen molar-refractivity contribution in [2.75, 3.05) is 6.26 Å². The Morgan fingerprint density at radius 1 is 1.38 bits per heavy atom. The third-order valence-electron chi connectivity index (χ3n) is 1.70. The molecule has 0 spiro atoms. The third kappa shape index (κ3) is 2.02. The van der Waals surface area contributed by atoms with Crippen LogP contribution in [0.3, 0.4) is 0 Å². The van der Waals surface area contributed by atoms with Crippen LogP contribution >= 0.6 is 0 Å². The standard InChI is InChI=1S/C8H8N2OS.Na/c1-12(11)10-6-9-7-4-2-3-5-8(7)10;/h2-6H,1H3;. The average molecular weight is 203 g/mol. The molecule has 3 nitrogen and oxygen atoms in total. The second-order valence-electron chi connectivity index (χ2n) is 2.48. The first-order valence-corrected chi connectivity index (χ1v) is 5.06. The van der Waals surface area contributed by atoms with E-state index in [-0.39, 0.29) is 29.6 Å². The van der Waals surface area contributed by atoms with Gasteiger partial charge in [-0.2, -0.15) is 0 Å². The number of hydrogen-bond donors (Lipinski definition) is 0. The smallest absolute Gasteiger partial charge is 0.122 e. The number of fused-ring (bicyclic) bond motifs is 1. The number of rotatable bonds is 1. The van der Waals surface area contributed by atoms with E-state index in [1.807, 2.05) is 24.3 Å². The first kappa shape index (κ1) is 10.9. The van der Waals surface area contributed by atoms with Crippen molar-refractivity contribution in [1.82, 2.24) is 8.96 Å². The number of hydrogen-bond acceptors (Lipinski definition) is 2. The number of para-hydroxylation sites is 2. The molecule has 0 fully saturated rings. The number of nitrogens with zero attached hydrogens (tertiary/aromatic N) is 2. The fraction of sp³-hybridized carbons (Fsp3) is 0.125. The zero-order valence-electron chi connectivity index (χ0n) is 7.60. The van der Waals surface area contributed by atoms with Crippen molar-refractivity contribution in [1.29, 1.82) is 0 Å². The van der Waals surface area contributed by atoms with E-state index < -0.39 is 11.0 Å². The molecule has 1 aromatic carbocycles. The molecule has 0 saturated heterocycles. The minimum atomic E-state index is -1.02. The second kappa shape index (κ2) is 4.37. The molecule has 1 atom stereocenters. The van der Waals surface area contributed by atoms with Crippen LogP contribution in [-0.4, -0.2) is 49.0 Å². The van der Waals surface area contributed by atoms with Crippen LogP contribution < -0.4 is 0 Å². The summed E-state index contributed by atoms with van der Waals surface area (Å²) in [6.07, 6.45) is 3.23. The van der Waals surface area contributed by atoms with E-state index in [4.69, 9.17) is 0 Å². The molecule has 0 N–H and O–H groups in total. The fourth-order valence-electron chi connectivity index (χ4n) is 1.14. The van der Waals surface area contributed by atoms with Crippen molar-refractivity contribution >= 4 is 51.6 Å². The van der Waals surface area contributed by atoms with E-state index in [9.17, 15) is 4.21 Å². The molecule has 5 heteroatoms. The van der Waals surface area contributed by atoms with Crippen LogP contribution in [0, 0.1) is 0 Å². The quantitative estimate of drug-likeness (QED) is 0.642. The number of aromatic nitrogens is 2. The predicted octanol–water partition coefficient (Wildman–Crippen LogP) is 0.797. The summed E-state index contributed by atoms with van der Waals surface area (Å²) < 4.78 is 12.8. The van der Waals surface area contributed by atoms with Gasteiger partial charge in [0.1, 0.15) is 17.3 Å². The molecular formula is C8H8N2NaOS. The monoisotopic (exact) mass is 203 g/mol. The molecule has 0 amide bonds. The molecule has 1 unspecified atom stereocenters. The summed E-state index contributed by atoms with van der Waals surface area (Å²) in [7, 11) is -1.02. The Kier molecular flexibility index (Phi) is 3.67. The Bertz CT molecular complexity index is 440. The van der Waals surface area contributed by atoms with Crippen molar-refractivity contribution in [3.63, 3.8) is 0 Å². The summed E-state index contributed by atoms with van der Waals surface area (Å²) in [5.74, 6) is 0. The normalized spacial score (nSPS) is 12.4. The molecule has 1 aromatic heterocycles. The molecule has 63 valence electrons. The summed E-state index contributed by atoms with van der Waals surface area (Å²) in [6.45, 7) is 0. The van der Waals surface area contributed by atoms with Gasteiger partial charge in [-0.15, -0.1) is 0 Å². The molecule has 0 aliphatic heterocycles. The predicted molar refractivity (Wildman–Crippen MR) is 55.0 cm³/mol. The third-order valence-corrected chi connectivity index (χ3v) is 2.54. The van der Waals surface area contributed by atoms with Crippen LogP contribution in [0.15, 0.2) is 30.6 Å². The van der Waals surface area contributed by atoms with Gasteiger partial charge in [0.2, 0.25) is 0 Å². The van der Waals surface area contributed by atoms with Crippen LogP contribution in [-0.2, 0) is 11.0 Å². The van der Waals surface area contributed by atoms with E-state index in [0.29, 0.717) is 0 Å². The maximum Gasteiger partial charge on any atom is 0.122 e. The number of imidazole rings is 1. The van der Waals surface area contributed by atoms with Crippen LogP contribution in [0.5, 0.6) is 0 Å². The maximum absolute atomic E-state index is 11.2. The van der Waals surface area contributed by atoms with E-state index in [1.165, 1.54) is 0 Å². The van der Waals surface area contributed by atoms with E-state index in [1.54, 1.807) is 16.6 Å². The maximum atomic E-state index is 11.2. The van der Waals surface area contributed by atoms with Gasteiger partial charge in [-0.05, 0) is 12.1 Å². The minimum Gasteiger partial charge on any atom is -0.248 e. The Labute approximate surface area is 101 Å². The van der Waals surface area contributed by atoms with Crippen LogP contribution in [0.25, 0.3) is 11.0 Å². The average Bonchev–Trinajstić information content (AvgIpc) is 2.47. The zero-order chi connectivity index (χ0) is 8.55. The molecule has 0 aliphatic carbocycles. The molecule has 0 bridgehead atoms. The van der Waals surface area contributed by atoms with Gasteiger partial charge >= 0.3 is 0 Å². The van der Waals surface area contributed by atoms with Gasteiger partial charge in [0.15, 0.2) is 0 Å². The van der Waals surface area contributed by atoms with Gasteiger partial charge in [-0.1, -0.05) is 12.1 Å². The van der Waals surface area contributed by atoms with Crippen LogP contribution in [0.2, 0.25) is 0 Å². The van der Waals surface area contributed by atoms with Gasteiger partial charge in [0.05, 0.1) is 11.0 Å². The van der Waals surface area contributed by atoms with Gasteiger partial charge in [0.25, 0.3) is 0 Å². The summed E-state index contributed by atoms with van der Waals surface area (Å²) >= 11 is 0. The molecule has 2 aromatic rings. The van der Waals surface area contributed by atoms with E-state index in [0.717, 1.165) is 11.0 Å². The van der Waals surface area contributed by atoms with Crippen LogP contribution in [0.1, 0.15) is 0 Å². The van der Waals surface area contributed by atoms with Gasteiger partial charge in [-0.3, -0.25) is 0 Å². The zero-order valence-corrected chi connectivity index (χ0v) is 10.4. The topological polar surface area (TPSA) is 34.9 Å². The molecule has 1 radical (unpaired) electrons. The summed E-state index contributed by atoms with van der Waals surface area (Å²) in [5.41, 5.74) is 1.80. The SMILES string of the molecule is CS(=O)n1cnc2ccccc21.[Na]. The minimum absolute atomic E-state index is 0. The number of benzene rings is 1. The fourth-order valence-corrected chi connectivity index (χ4v) is 1.75. The van der Waals surface area contributed by atoms with Gasteiger partial charge in [0, 0.05) is 35.8 Å². The van der Waals surface area contributed by atoms with Crippen LogP contribution in [0.4, 0.5) is 0 Å². The molecular weight excluding hydrogens is 195 g/mol. The first-order valence-electron chi connectivity index (χ1n) is 3.55. The molecule has 2 rings (SSSR count). The van der Waals surface area contributed by atoms with E-state index in [2.05, 4.69) is 4.98 Å². The van der Waals surface area contributed by atoms with Gasteiger partial charge < -0.3 is 0 Å². The Balaban J connectivity index is 0.000000845. The summed E-state index contributed by atoms with van der Waals surface area (Å²) in [4.78, 5) is 4.11. The molecule has 1 heterocycles. The second-order valence-corrected chi connectivity index (χ2v) is 3.72. The molecule has 0 saturated carbocycles. The Hall–Kier alpha value is -0.160. The Morgan fingerprint density at radius 2 is 2.08 bits per heavy atom. The molecule has 13 heavy (non-hydrogen) atoms. The largest absolute Gasteiger partial charge is 0.248 e. The summed E-state index contributed by atoms with van der Waals surface area (Å²) in [6, 6.07) is 7.63. The van der Waals surface area contributed by atoms with Crippen molar-refractivity contribution in [3.8, 4) is 0 Å². The van der Waals surface area contributed by atoms with Crippen molar-refractivity contribution < 1.29 is 4.21 Å². The van der Waals surface area contributed by atoms with Gasteiger partial charge in [-0.25, -0.2) is 13.2 Å². The Morgan fingerprint density at radius 3 is 2.77 bits per heavy atom. The van der Waals surface area contributed by atoms with Crippen molar-refractivity contribution in [2.24, 2.45) is 0 Å². The first-order chi connectivity index (χ1) is 5.79. The summed E-state index contributed by atoms with van der Waals surface area (Å²) in [5, 5.41) is 0. The van der Waals surface area contributed by atoms with Crippen molar-refractivity contribution in [2.45, 2.75) is 0 Å². The van der Waals surface area contributed by atoms with E-state index >= 15 is 0 Å². The van der Waals surface area contributed by atoms with Crippen molar-refractivity contribution in [3.05, 3.63) is 30.6 Å². The molecule has 0 aliphatic rings.